The van der Waals surface area contributed by atoms with Crippen LogP contribution in [0.5, 0.6) is 0 Å². The molecular formula is C19H15F3INO3. The first-order valence-electron chi connectivity index (χ1n) is 7.80. The minimum Gasteiger partial charge on any atom is -0.462 e. The number of alkyl halides is 3. The fourth-order valence-corrected chi connectivity index (χ4v) is 2.72. The number of hydrogen-bond acceptors (Lipinski definition) is 4. The molecule has 2 N–H and O–H groups in total. The zero-order valence-corrected chi connectivity index (χ0v) is 16.3. The highest BCUT2D eigenvalue weighted by atomic mass is 127. The predicted molar refractivity (Wildman–Crippen MR) is 103 cm³/mol. The Kier molecular flexibility index (Phi) is 6.63. The Morgan fingerprint density at radius 3 is 2.22 bits per heavy atom. The molecule has 2 aromatic rings. The zero-order valence-electron chi connectivity index (χ0n) is 14.1. The number of carbonyl (C=O) groups excluding carboxylic acids is 2. The van der Waals surface area contributed by atoms with Crippen molar-refractivity contribution in [3.05, 3.63) is 74.4 Å². The number of halogens is 4. The van der Waals surface area contributed by atoms with Crippen molar-refractivity contribution in [2.24, 2.45) is 5.73 Å². The molecule has 0 heterocycles. The van der Waals surface area contributed by atoms with Gasteiger partial charge in [0, 0.05) is 9.13 Å². The predicted octanol–water partition coefficient (Wildman–Crippen LogP) is 4.43. The van der Waals surface area contributed by atoms with Crippen LogP contribution in [-0.4, -0.2) is 18.4 Å². The van der Waals surface area contributed by atoms with E-state index in [9.17, 15) is 22.8 Å². The monoisotopic (exact) mass is 489 g/mol. The summed E-state index contributed by atoms with van der Waals surface area (Å²) in [6.07, 6.45) is -4.76. The van der Waals surface area contributed by atoms with E-state index in [-0.39, 0.29) is 12.3 Å². The summed E-state index contributed by atoms with van der Waals surface area (Å²) in [5.74, 6) is -2.21. The topological polar surface area (TPSA) is 69.4 Å². The van der Waals surface area contributed by atoms with Crippen molar-refractivity contribution in [1.29, 1.82) is 0 Å². The molecule has 4 nitrogen and oxygen atoms in total. The molecule has 0 aromatic heterocycles. The van der Waals surface area contributed by atoms with Crippen LogP contribution in [0.15, 0.2) is 54.1 Å². The van der Waals surface area contributed by atoms with Crippen molar-refractivity contribution in [1.82, 2.24) is 0 Å². The van der Waals surface area contributed by atoms with Crippen LogP contribution in [0.4, 0.5) is 13.2 Å². The Hall–Kier alpha value is -2.36. The second kappa shape index (κ2) is 8.55. The highest BCUT2D eigenvalue weighted by Gasteiger charge is 2.37. The van der Waals surface area contributed by atoms with Crippen molar-refractivity contribution in [3.8, 4) is 0 Å². The summed E-state index contributed by atoms with van der Waals surface area (Å²) in [6, 6.07) is 10.8. The average molecular weight is 489 g/mol. The normalized spacial score (nSPS) is 12.3. The number of ether oxygens (including phenoxy) is 1. The molecule has 0 aliphatic heterocycles. The lowest BCUT2D eigenvalue weighted by Gasteiger charge is -2.15. The summed E-state index contributed by atoms with van der Waals surface area (Å²) in [7, 11) is 0. The molecule has 0 fully saturated rings. The summed E-state index contributed by atoms with van der Waals surface area (Å²) in [4.78, 5) is 25.2. The Morgan fingerprint density at radius 2 is 1.67 bits per heavy atom. The first kappa shape index (κ1) is 20.9. The number of hydrogen-bond donors (Lipinski definition) is 1. The van der Waals surface area contributed by atoms with Crippen LogP contribution in [-0.2, 0) is 15.7 Å². The van der Waals surface area contributed by atoms with E-state index in [0.717, 1.165) is 21.8 Å². The van der Waals surface area contributed by atoms with Crippen LogP contribution in [0, 0.1) is 3.57 Å². The van der Waals surface area contributed by atoms with Crippen LogP contribution < -0.4 is 5.73 Å². The molecule has 0 aliphatic carbocycles. The van der Waals surface area contributed by atoms with Crippen LogP contribution in [0.3, 0.4) is 0 Å². The second-order valence-corrected chi connectivity index (χ2v) is 6.63. The molecule has 0 aliphatic rings. The van der Waals surface area contributed by atoms with Gasteiger partial charge in [-0.25, -0.2) is 4.79 Å². The van der Waals surface area contributed by atoms with Crippen molar-refractivity contribution < 1.29 is 27.5 Å². The van der Waals surface area contributed by atoms with Gasteiger partial charge in [0.1, 0.15) is 5.57 Å². The number of ketones is 1. The van der Waals surface area contributed by atoms with Crippen LogP contribution in [0.25, 0.3) is 5.70 Å². The molecule has 2 rings (SSSR count). The first-order valence-corrected chi connectivity index (χ1v) is 8.88. The third-order valence-electron chi connectivity index (χ3n) is 3.61. The lowest BCUT2D eigenvalue weighted by molar-refractivity contribution is -0.139. The van der Waals surface area contributed by atoms with Gasteiger partial charge in [-0.3, -0.25) is 4.79 Å². The maximum atomic E-state index is 13.3. The van der Waals surface area contributed by atoms with E-state index in [2.05, 4.69) is 22.6 Å². The van der Waals surface area contributed by atoms with Crippen LogP contribution in [0.1, 0.15) is 28.4 Å². The quantitative estimate of drug-likeness (QED) is 0.169. The second-order valence-electron chi connectivity index (χ2n) is 5.39. The number of rotatable bonds is 5. The minimum atomic E-state index is -4.76. The average Bonchev–Trinajstić information content (AvgIpc) is 2.62. The van der Waals surface area contributed by atoms with Gasteiger partial charge in [0.25, 0.3) is 0 Å². The first-order chi connectivity index (χ1) is 12.7. The number of carbonyl (C=O) groups is 2. The van der Waals surface area contributed by atoms with Crippen molar-refractivity contribution in [2.75, 3.05) is 6.61 Å². The maximum absolute atomic E-state index is 13.3. The van der Waals surface area contributed by atoms with Crippen molar-refractivity contribution in [3.63, 3.8) is 0 Å². The lowest BCUT2D eigenvalue weighted by Crippen LogP contribution is -2.23. The number of esters is 1. The number of benzene rings is 2. The van der Waals surface area contributed by atoms with Crippen LogP contribution >= 0.6 is 22.6 Å². The Morgan fingerprint density at radius 1 is 1.07 bits per heavy atom. The van der Waals surface area contributed by atoms with Gasteiger partial charge < -0.3 is 10.5 Å². The molecule has 0 saturated heterocycles. The standard InChI is InChI=1S/C19H15F3INO3/c1-2-27-18(26)15(16(24)11-7-9-12(23)10-8-11)17(25)13-5-3-4-6-14(13)19(20,21)22/h3-10H,2,24H2,1H3. The van der Waals surface area contributed by atoms with E-state index in [0.29, 0.717) is 5.56 Å². The van der Waals surface area contributed by atoms with Gasteiger partial charge in [-0.15, -0.1) is 0 Å². The fourth-order valence-electron chi connectivity index (χ4n) is 2.36. The molecule has 142 valence electrons. The molecule has 2 aromatic carbocycles. The molecule has 8 heteroatoms. The molecule has 0 unspecified atom stereocenters. The van der Waals surface area contributed by atoms with Gasteiger partial charge in [-0.2, -0.15) is 13.2 Å². The Balaban J connectivity index is 2.66. The van der Waals surface area contributed by atoms with E-state index in [1.165, 1.54) is 13.0 Å². The zero-order chi connectivity index (χ0) is 20.2. The molecular weight excluding hydrogens is 474 g/mol. The SMILES string of the molecule is CCOC(=O)C(C(=O)c1ccccc1C(F)(F)F)=C(N)c1ccc(I)cc1. The Labute approximate surface area is 167 Å². The molecule has 0 bridgehead atoms. The highest BCUT2D eigenvalue weighted by molar-refractivity contribution is 14.1. The van der Waals surface area contributed by atoms with Crippen molar-refractivity contribution >= 4 is 40.0 Å². The minimum absolute atomic E-state index is 0.0590. The highest BCUT2D eigenvalue weighted by Crippen LogP contribution is 2.33. The summed E-state index contributed by atoms with van der Waals surface area (Å²) < 4.78 is 45.6. The van der Waals surface area contributed by atoms with Crippen molar-refractivity contribution in [2.45, 2.75) is 13.1 Å². The maximum Gasteiger partial charge on any atom is 0.417 e. The summed E-state index contributed by atoms with van der Waals surface area (Å²) in [6.45, 7) is 1.46. The molecule has 0 radical (unpaired) electrons. The van der Waals surface area contributed by atoms with Gasteiger partial charge in [0.2, 0.25) is 5.78 Å². The molecule has 0 amide bonds. The summed E-state index contributed by atoms with van der Waals surface area (Å²) >= 11 is 2.06. The summed E-state index contributed by atoms with van der Waals surface area (Å²) in [5, 5.41) is 0. The molecule has 0 spiro atoms. The Bertz CT molecular complexity index is 890. The molecule has 0 atom stereocenters. The molecule has 27 heavy (non-hydrogen) atoms. The third kappa shape index (κ3) is 4.88. The molecule has 0 saturated carbocycles. The smallest absolute Gasteiger partial charge is 0.417 e. The van der Waals surface area contributed by atoms with Gasteiger partial charge in [-0.1, -0.05) is 30.3 Å². The van der Waals surface area contributed by atoms with Crippen LogP contribution in [0.2, 0.25) is 0 Å². The van der Waals surface area contributed by atoms with Gasteiger partial charge in [0.15, 0.2) is 0 Å². The van der Waals surface area contributed by atoms with E-state index in [4.69, 9.17) is 10.5 Å². The van der Waals surface area contributed by atoms with E-state index in [1.807, 2.05) is 0 Å². The van der Waals surface area contributed by atoms with E-state index < -0.39 is 34.6 Å². The lowest BCUT2D eigenvalue weighted by atomic mass is 9.95. The largest absolute Gasteiger partial charge is 0.462 e. The number of Topliss-reactive ketones (excluding diaryl/α,β-unsaturated/α-hetero) is 1. The van der Waals surface area contributed by atoms with E-state index in [1.54, 1.807) is 24.3 Å². The van der Waals surface area contributed by atoms with Gasteiger partial charge in [-0.05, 0) is 53.3 Å². The van der Waals surface area contributed by atoms with E-state index >= 15 is 0 Å². The fraction of sp³-hybridized carbons (Fsp3) is 0.158. The van der Waals surface area contributed by atoms with Gasteiger partial charge >= 0.3 is 12.1 Å². The van der Waals surface area contributed by atoms with Gasteiger partial charge in [0.05, 0.1) is 17.9 Å². The summed E-state index contributed by atoms with van der Waals surface area (Å²) in [5.41, 5.74) is 3.64. The third-order valence-corrected chi connectivity index (χ3v) is 4.33. The number of nitrogens with two attached hydrogens (primary N) is 1.